The first-order chi connectivity index (χ1) is 14.0. The van der Waals surface area contributed by atoms with Gasteiger partial charge in [0.05, 0.1) is 23.1 Å². The Balaban J connectivity index is 1.57. The van der Waals surface area contributed by atoms with Gasteiger partial charge in [-0.2, -0.15) is 5.10 Å². The number of amides is 1. The quantitative estimate of drug-likeness (QED) is 0.450. The van der Waals surface area contributed by atoms with Gasteiger partial charge in [0.1, 0.15) is 0 Å². The van der Waals surface area contributed by atoms with E-state index in [0.29, 0.717) is 21.4 Å². The summed E-state index contributed by atoms with van der Waals surface area (Å²) in [5.74, 6) is -0.283. The predicted molar refractivity (Wildman–Crippen MR) is 114 cm³/mol. The van der Waals surface area contributed by atoms with Crippen LogP contribution in [0.3, 0.4) is 0 Å². The molecule has 0 saturated carbocycles. The Bertz CT molecular complexity index is 1190. The van der Waals surface area contributed by atoms with Crippen LogP contribution in [0.25, 0.3) is 5.69 Å². The lowest BCUT2D eigenvalue weighted by Gasteiger charge is -2.10. The summed E-state index contributed by atoms with van der Waals surface area (Å²) in [6, 6.07) is 12.8. The molecule has 11 heteroatoms. The monoisotopic (exact) mass is 489 g/mol. The first-order valence-electron chi connectivity index (χ1n) is 8.31. The molecule has 8 nitrogen and oxygen atoms in total. The summed E-state index contributed by atoms with van der Waals surface area (Å²) in [4.78, 5) is 13.6. The molecule has 0 bridgehead atoms. The number of anilines is 1. The molecule has 0 aliphatic carbocycles. The number of nitrogens with one attached hydrogen (secondary N) is 1. The van der Waals surface area contributed by atoms with Crippen LogP contribution in [0, 0.1) is 0 Å². The maximum Gasteiger partial charge on any atom is 0.258 e. The van der Waals surface area contributed by atoms with Crippen LogP contribution in [-0.4, -0.2) is 35.9 Å². The molecule has 146 valence electrons. The van der Waals surface area contributed by atoms with Crippen molar-refractivity contribution in [1.29, 1.82) is 0 Å². The zero-order chi connectivity index (χ0) is 20.4. The van der Waals surface area contributed by atoms with E-state index in [9.17, 15) is 4.79 Å². The van der Waals surface area contributed by atoms with E-state index in [0.717, 1.165) is 15.1 Å². The molecule has 0 spiro atoms. The fraction of sp³-hybridized carbons (Fsp3) is 0.0556. The van der Waals surface area contributed by atoms with E-state index in [4.69, 9.17) is 11.6 Å². The van der Waals surface area contributed by atoms with Crippen molar-refractivity contribution in [2.24, 2.45) is 7.05 Å². The molecule has 0 unspecified atom stereocenters. The molecule has 0 aliphatic rings. The number of aryl methyl sites for hydroxylation is 1. The summed E-state index contributed by atoms with van der Waals surface area (Å²) in [7, 11) is 1.75. The third-order valence-corrected chi connectivity index (χ3v) is 5.72. The Hall–Kier alpha value is -2.69. The average molecular weight is 491 g/mol. The number of rotatable bonds is 5. The predicted octanol–water partition coefficient (Wildman–Crippen LogP) is 4.22. The van der Waals surface area contributed by atoms with E-state index in [1.165, 1.54) is 18.0 Å². The van der Waals surface area contributed by atoms with E-state index in [2.05, 4.69) is 41.9 Å². The van der Waals surface area contributed by atoms with Gasteiger partial charge in [0.25, 0.3) is 5.91 Å². The molecule has 4 rings (SSSR count). The molecule has 0 saturated heterocycles. The molecule has 0 atom stereocenters. The largest absolute Gasteiger partial charge is 0.321 e. The van der Waals surface area contributed by atoms with Gasteiger partial charge in [-0.15, -0.1) is 5.10 Å². The minimum absolute atomic E-state index is 0.283. The molecule has 0 fully saturated rings. The lowest BCUT2D eigenvalue weighted by atomic mass is 10.3. The molecule has 0 radical (unpaired) electrons. The molecule has 2 aromatic heterocycles. The van der Waals surface area contributed by atoms with E-state index >= 15 is 0 Å². The van der Waals surface area contributed by atoms with Crippen molar-refractivity contribution >= 4 is 50.9 Å². The summed E-state index contributed by atoms with van der Waals surface area (Å²) < 4.78 is 4.00. The fourth-order valence-electron chi connectivity index (χ4n) is 2.49. The van der Waals surface area contributed by atoms with E-state index in [1.807, 2.05) is 30.3 Å². The molecule has 1 amide bonds. The number of tetrazole rings is 1. The van der Waals surface area contributed by atoms with Gasteiger partial charge in [-0.3, -0.25) is 4.79 Å². The van der Waals surface area contributed by atoms with Gasteiger partial charge in [-0.1, -0.05) is 33.6 Å². The number of halogens is 2. The van der Waals surface area contributed by atoms with Crippen LogP contribution in [-0.2, 0) is 7.05 Å². The van der Waals surface area contributed by atoms with Crippen molar-refractivity contribution in [3.05, 3.63) is 69.9 Å². The normalized spacial score (nSPS) is 10.9. The summed E-state index contributed by atoms with van der Waals surface area (Å²) in [6.45, 7) is 0. The lowest BCUT2D eigenvalue weighted by molar-refractivity contribution is 0.102. The van der Waals surface area contributed by atoms with E-state index < -0.39 is 0 Å². The molecule has 1 N–H and O–H groups in total. The van der Waals surface area contributed by atoms with Crippen molar-refractivity contribution in [1.82, 2.24) is 30.0 Å². The first-order valence-corrected chi connectivity index (χ1v) is 10.3. The molecular formula is C18H13BrClN7OS. The Morgan fingerprint density at radius 3 is 2.86 bits per heavy atom. The first kappa shape index (κ1) is 19.6. The number of carbonyl (C=O) groups excluding carboxylic acids is 1. The number of nitrogens with zero attached hydrogens (tertiary/aromatic N) is 6. The Morgan fingerprint density at radius 2 is 2.10 bits per heavy atom. The Kier molecular flexibility index (Phi) is 5.65. The highest BCUT2D eigenvalue weighted by Crippen LogP contribution is 2.34. The number of aromatic nitrogens is 6. The SMILES string of the molecule is Cn1nnnc1Sc1ccc(Br)cc1NC(=O)c1cnn(-c2cccc(Cl)c2)c1. The highest BCUT2D eigenvalue weighted by Gasteiger charge is 2.15. The van der Waals surface area contributed by atoms with Crippen LogP contribution < -0.4 is 5.32 Å². The smallest absolute Gasteiger partial charge is 0.258 e. The molecule has 4 aromatic rings. The average Bonchev–Trinajstić information content (AvgIpc) is 3.34. The highest BCUT2D eigenvalue weighted by molar-refractivity contribution is 9.10. The molecule has 0 aliphatic heterocycles. The Morgan fingerprint density at radius 1 is 1.24 bits per heavy atom. The number of hydrogen-bond donors (Lipinski definition) is 1. The van der Waals surface area contributed by atoms with Gasteiger partial charge >= 0.3 is 0 Å². The standard InChI is InChI=1S/C18H13BrClN7OS/c1-26-18(23-24-25-26)29-16-6-5-12(19)7-15(16)22-17(28)11-9-21-27(10-11)14-4-2-3-13(20)8-14/h2-10H,1H3,(H,22,28). The second-order valence-electron chi connectivity index (χ2n) is 5.94. The minimum Gasteiger partial charge on any atom is -0.321 e. The van der Waals surface area contributed by atoms with Crippen LogP contribution in [0.2, 0.25) is 5.02 Å². The summed E-state index contributed by atoms with van der Waals surface area (Å²) >= 11 is 10.8. The Labute approximate surface area is 183 Å². The van der Waals surface area contributed by atoms with Gasteiger partial charge in [0.15, 0.2) is 0 Å². The maximum absolute atomic E-state index is 12.8. The van der Waals surface area contributed by atoms with Crippen LogP contribution in [0.1, 0.15) is 10.4 Å². The number of hydrogen-bond acceptors (Lipinski definition) is 6. The summed E-state index contributed by atoms with van der Waals surface area (Å²) in [5.41, 5.74) is 1.82. The van der Waals surface area contributed by atoms with Crippen molar-refractivity contribution in [3.63, 3.8) is 0 Å². The fourth-order valence-corrected chi connectivity index (χ4v) is 3.83. The van der Waals surface area contributed by atoms with Crippen LogP contribution in [0.4, 0.5) is 5.69 Å². The molecular weight excluding hydrogens is 478 g/mol. The second kappa shape index (κ2) is 8.36. The minimum atomic E-state index is -0.283. The van der Waals surface area contributed by atoms with Crippen molar-refractivity contribution in [3.8, 4) is 5.69 Å². The molecule has 2 aromatic carbocycles. The third kappa shape index (κ3) is 4.50. The lowest BCUT2D eigenvalue weighted by Crippen LogP contribution is -2.12. The van der Waals surface area contributed by atoms with Gasteiger partial charge in [-0.25, -0.2) is 9.36 Å². The highest BCUT2D eigenvalue weighted by atomic mass is 79.9. The summed E-state index contributed by atoms with van der Waals surface area (Å²) in [5, 5.41) is 19.8. The van der Waals surface area contributed by atoms with Crippen molar-refractivity contribution in [2.75, 3.05) is 5.32 Å². The van der Waals surface area contributed by atoms with Gasteiger partial charge in [0, 0.05) is 27.6 Å². The van der Waals surface area contributed by atoms with E-state index in [1.54, 1.807) is 34.7 Å². The van der Waals surface area contributed by atoms with Crippen molar-refractivity contribution < 1.29 is 4.79 Å². The number of carbonyl (C=O) groups is 1. The van der Waals surface area contributed by atoms with E-state index in [-0.39, 0.29) is 5.91 Å². The van der Waals surface area contributed by atoms with Crippen LogP contribution >= 0.6 is 39.3 Å². The summed E-state index contributed by atoms with van der Waals surface area (Å²) in [6.07, 6.45) is 3.16. The topological polar surface area (TPSA) is 90.5 Å². The zero-order valence-corrected chi connectivity index (χ0v) is 18.1. The van der Waals surface area contributed by atoms with Crippen LogP contribution in [0.5, 0.6) is 0 Å². The third-order valence-electron chi connectivity index (χ3n) is 3.89. The number of benzene rings is 2. The molecule has 2 heterocycles. The van der Waals surface area contributed by atoms with Crippen molar-refractivity contribution in [2.45, 2.75) is 10.1 Å². The van der Waals surface area contributed by atoms with Gasteiger partial charge < -0.3 is 5.32 Å². The maximum atomic E-state index is 12.8. The van der Waals surface area contributed by atoms with Crippen LogP contribution in [0.15, 0.2) is 69.4 Å². The van der Waals surface area contributed by atoms with Gasteiger partial charge in [-0.05, 0) is 58.6 Å². The zero-order valence-electron chi connectivity index (χ0n) is 15.0. The van der Waals surface area contributed by atoms with Gasteiger partial charge in [0.2, 0.25) is 5.16 Å². The second-order valence-corrected chi connectivity index (χ2v) is 8.30. The molecule has 29 heavy (non-hydrogen) atoms.